The van der Waals surface area contributed by atoms with E-state index in [0.717, 1.165) is 23.3 Å². The Kier molecular flexibility index (Phi) is 2.40. The highest BCUT2D eigenvalue weighted by Crippen LogP contribution is 2.12. The second-order valence-corrected chi connectivity index (χ2v) is 3.54. The van der Waals surface area contributed by atoms with Crippen molar-refractivity contribution in [3.8, 4) is 0 Å². The zero-order valence-corrected chi connectivity index (χ0v) is 8.03. The molecule has 0 spiro atoms. The average Bonchev–Trinajstić information content (AvgIpc) is 2.58. The standard InChI is InChI=1S/C7H9N5S/c1-2-3-13-12-7-6(10-11-12)4-8-5-9-7/h4-5H,2-3H2,1H3. The summed E-state index contributed by atoms with van der Waals surface area (Å²) < 4.78 is 1.74. The normalized spacial score (nSPS) is 10.8. The van der Waals surface area contributed by atoms with E-state index in [1.54, 1.807) is 22.2 Å². The average molecular weight is 195 g/mol. The summed E-state index contributed by atoms with van der Waals surface area (Å²) in [4.78, 5) is 7.97. The maximum Gasteiger partial charge on any atom is 0.193 e. The Morgan fingerprint density at radius 1 is 1.54 bits per heavy atom. The first-order valence-electron chi connectivity index (χ1n) is 4.06. The van der Waals surface area contributed by atoms with E-state index in [-0.39, 0.29) is 0 Å². The molecule has 0 saturated carbocycles. The summed E-state index contributed by atoms with van der Waals surface area (Å²) in [5.74, 6) is 1.02. The Bertz CT molecular complexity index is 398. The third kappa shape index (κ3) is 1.62. The molecular formula is C7H9N5S. The lowest BCUT2D eigenvalue weighted by Crippen LogP contribution is -1.92. The summed E-state index contributed by atoms with van der Waals surface area (Å²) in [7, 11) is 0. The highest BCUT2D eigenvalue weighted by atomic mass is 32.2. The monoisotopic (exact) mass is 195 g/mol. The molecule has 0 N–H and O–H groups in total. The van der Waals surface area contributed by atoms with Gasteiger partial charge in [-0.2, -0.15) is 4.09 Å². The maximum absolute atomic E-state index is 4.10. The van der Waals surface area contributed by atoms with Crippen LogP contribution < -0.4 is 0 Å². The predicted molar refractivity (Wildman–Crippen MR) is 51.3 cm³/mol. The zero-order valence-electron chi connectivity index (χ0n) is 7.21. The molecule has 6 heteroatoms. The molecule has 0 fully saturated rings. The smallest absolute Gasteiger partial charge is 0.193 e. The molecule has 0 aromatic carbocycles. The fourth-order valence-electron chi connectivity index (χ4n) is 0.930. The van der Waals surface area contributed by atoms with E-state index in [1.165, 1.54) is 6.33 Å². The molecule has 2 rings (SSSR count). The molecule has 0 aliphatic carbocycles. The van der Waals surface area contributed by atoms with Gasteiger partial charge in [-0.05, 0) is 18.4 Å². The third-order valence-corrected chi connectivity index (χ3v) is 2.59. The molecule has 0 amide bonds. The second kappa shape index (κ2) is 3.69. The molecular weight excluding hydrogens is 186 g/mol. The predicted octanol–water partition coefficient (Wildman–Crippen LogP) is 1.13. The molecule has 68 valence electrons. The Morgan fingerprint density at radius 3 is 3.31 bits per heavy atom. The number of aromatic nitrogens is 5. The molecule has 2 heterocycles. The topological polar surface area (TPSA) is 56.5 Å². The lowest BCUT2D eigenvalue weighted by molar-refractivity contribution is 0.900. The van der Waals surface area contributed by atoms with E-state index < -0.39 is 0 Å². The fraction of sp³-hybridized carbons (Fsp3) is 0.429. The lowest BCUT2D eigenvalue weighted by Gasteiger charge is -1.96. The molecule has 0 atom stereocenters. The molecule has 2 aromatic rings. The number of nitrogens with zero attached hydrogens (tertiary/aromatic N) is 5. The molecule has 5 nitrogen and oxygen atoms in total. The van der Waals surface area contributed by atoms with Crippen LogP contribution in [-0.2, 0) is 0 Å². The van der Waals surface area contributed by atoms with Crippen molar-refractivity contribution in [3.63, 3.8) is 0 Å². The first-order valence-corrected chi connectivity index (χ1v) is 5.00. The van der Waals surface area contributed by atoms with Gasteiger partial charge in [0, 0.05) is 5.75 Å². The Labute approximate surface area is 79.7 Å². The molecule has 0 bridgehead atoms. The van der Waals surface area contributed by atoms with E-state index in [2.05, 4.69) is 27.2 Å². The molecule has 13 heavy (non-hydrogen) atoms. The van der Waals surface area contributed by atoms with Crippen molar-refractivity contribution in [1.82, 2.24) is 24.4 Å². The van der Waals surface area contributed by atoms with Gasteiger partial charge in [0.1, 0.15) is 6.33 Å². The zero-order chi connectivity index (χ0) is 9.10. The van der Waals surface area contributed by atoms with Crippen LogP contribution >= 0.6 is 11.9 Å². The second-order valence-electron chi connectivity index (χ2n) is 2.53. The molecule has 0 radical (unpaired) electrons. The van der Waals surface area contributed by atoms with Gasteiger partial charge in [-0.3, -0.25) is 0 Å². The SMILES string of the molecule is CCCSn1nnc2cncnc21. The minimum atomic E-state index is 0.742. The third-order valence-electron chi connectivity index (χ3n) is 1.51. The Hall–Kier alpha value is -1.17. The molecule has 0 aliphatic heterocycles. The van der Waals surface area contributed by atoms with Gasteiger partial charge < -0.3 is 0 Å². The van der Waals surface area contributed by atoms with Crippen LogP contribution in [0.2, 0.25) is 0 Å². The fourth-order valence-corrected chi connectivity index (χ4v) is 1.64. The van der Waals surface area contributed by atoms with Crippen LogP contribution in [0.3, 0.4) is 0 Å². The number of fused-ring (bicyclic) bond motifs is 1. The van der Waals surface area contributed by atoms with Crippen LogP contribution in [0.15, 0.2) is 12.5 Å². The van der Waals surface area contributed by atoms with Gasteiger partial charge in [0.2, 0.25) is 0 Å². The van der Waals surface area contributed by atoms with Crippen molar-refractivity contribution in [2.45, 2.75) is 13.3 Å². The summed E-state index contributed by atoms with van der Waals surface area (Å²) in [5, 5.41) is 7.90. The Balaban J connectivity index is 2.35. The van der Waals surface area contributed by atoms with E-state index in [9.17, 15) is 0 Å². The Morgan fingerprint density at radius 2 is 2.46 bits per heavy atom. The van der Waals surface area contributed by atoms with Gasteiger partial charge in [0.05, 0.1) is 6.20 Å². The van der Waals surface area contributed by atoms with E-state index in [0.29, 0.717) is 0 Å². The number of rotatable bonds is 3. The van der Waals surface area contributed by atoms with Gasteiger partial charge in [0.25, 0.3) is 0 Å². The minimum absolute atomic E-state index is 0.742. The quantitative estimate of drug-likeness (QED) is 0.734. The first-order chi connectivity index (χ1) is 6.42. The molecule has 0 aliphatic rings. The summed E-state index contributed by atoms with van der Waals surface area (Å²) in [6.07, 6.45) is 4.28. The van der Waals surface area contributed by atoms with Crippen LogP contribution in [0.1, 0.15) is 13.3 Å². The van der Waals surface area contributed by atoms with Gasteiger partial charge in [-0.25, -0.2) is 9.97 Å². The van der Waals surface area contributed by atoms with E-state index >= 15 is 0 Å². The van der Waals surface area contributed by atoms with Crippen molar-refractivity contribution < 1.29 is 0 Å². The summed E-state index contributed by atoms with van der Waals surface area (Å²) in [6.45, 7) is 2.13. The van der Waals surface area contributed by atoms with Crippen molar-refractivity contribution in [3.05, 3.63) is 12.5 Å². The van der Waals surface area contributed by atoms with Crippen LogP contribution in [0.5, 0.6) is 0 Å². The summed E-state index contributed by atoms with van der Waals surface area (Å²) >= 11 is 1.61. The van der Waals surface area contributed by atoms with Crippen molar-refractivity contribution in [2.75, 3.05) is 5.75 Å². The van der Waals surface area contributed by atoms with Crippen molar-refractivity contribution in [1.29, 1.82) is 0 Å². The highest BCUT2D eigenvalue weighted by Gasteiger charge is 2.04. The van der Waals surface area contributed by atoms with Crippen LogP contribution in [0.25, 0.3) is 11.2 Å². The molecule has 0 saturated heterocycles. The minimum Gasteiger partial charge on any atom is -0.242 e. The molecule has 0 unspecified atom stereocenters. The van der Waals surface area contributed by atoms with Crippen LogP contribution in [0.4, 0.5) is 0 Å². The van der Waals surface area contributed by atoms with E-state index in [1.807, 2.05) is 0 Å². The molecule has 2 aromatic heterocycles. The van der Waals surface area contributed by atoms with Crippen LogP contribution in [-0.4, -0.2) is 30.1 Å². The van der Waals surface area contributed by atoms with Crippen LogP contribution in [0, 0.1) is 0 Å². The van der Waals surface area contributed by atoms with Gasteiger partial charge in [-0.15, -0.1) is 5.10 Å². The number of hydrogen-bond acceptors (Lipinski definition) is 5. The van der Waals surface area contributed by atoms with E-state index in [4.69, 9.17) is 0 Å². The van der Waals surface area contributed by atoms with Crippen molar-refractivity contribution >= 4 is 23.1 Å². The summed E-state index contributed by atoms with van der Waals surface area (Å²) in [5.41, 5.74) is 1.53. The summed E-state index contributed by atoms with van der Waals surface area (Å²) in [6, 6.07) is 0. The largest absolute Gasteiger partial charge is 0.242 e. The van der Waals surface area contributed by atoms with Gasteiger partial charge in [0.15, 0.2) is 11.2 Å². The first kappa shape index (κ1) is 8.43. The number of hydrogen-bond donors (Lipinski definition) is 0. The highest BCUT2D eigenvalue weighted by molar-refractivity contribution is 7.97. The van der Waals surface area contributed by atoms with Gasteiger partial charge >= 0.3 is 0 Å². The van der Waals surface area contributed by atoms with Gasteiger partial charge in [-0.1, -0.05) is 12.1 Å². The lowest BCUT2D eigenvalue weighted by atomic mass is 10.6. The maximum atomic E-state index is 4.10. The van der Waals surface area contributed by atoms with Crippen molar-refractivity contribution in [2.24, 2.45) is 0 Å².